The SMILES string of the molecule is Cc1cccc2c1N(C(=O)[C@H]1CCCNC1)CCC2. The van der Waals surface area contributed by atoms with Crippen LogP contribution in [0.2, 0.25) is 0 Å². The minimum absolute atomic E-state index is 0.166. The molecule has 2 heterocycles. The Morgan fingerprint density at radius 1 is 1.37 bits per heavy atom. The molecule has 1 saturated heterocycles. The van der Waals surface area contributed by atoms with E-state index in [0.29, 0.717) is 5.91 Å². The summed E-state index contributed by atoms with van der Waals surface area (Å²) in [6.07, 6.45) is 4.33. The average molecular weight is 258 g/mol. The third kappa shape index (κ3) is 2.39. The Morgan fingerprint density at radius 2 is 2.26 bits per heavy atom. The van der Waals surface area contributed by atoms with E-state index >= 15 is 0 Å². The van der Waals surface area contributed by atoms with Gasteiger partial charge in [0, 0.05) is 18.8 Å². The molecule has 1 fully saturated rings. The highest BCUT2D eigenvalue weighted by molar-refractivity contribution is 5.97. The molecule has 3 nitrogen and oxygen atoms in total. The van der Waals surface area contributed by atoms with Gasteiger partial charge >= 0.3 is 0 Å². The van der Waals surface area contributed by atoms with Crippen molar-refractivity contribution in [1.82, 2.24) is 5.32 Å². The number of nitrogens with one attached hydrogen (secondary N) is 1. The number of carbonyl (C=O) groups is 1. The Hall–Kier alpha value is -1.35. The fourth-order valence-corrected chi connectivity index (χ4v) is 3.35. The van der Waals surface area contributed by atoms with Crippen molar-refractivity contribution in [1.29, 1.82) is 0 Å². The molecular weight excluding hydrogens is 236 g/mol. The van der Waals surface area contributed by atoms with Crippen LogP contribution in [0, 0.1) is 12.8 Å². The van der Waals surface area contributed by atoms with Gasteiger partial charge in [0.15, 0.2) is 0 Å². The Morgan fingerprint density at radius 3 is 3.05 bits per heavy atom. The van der Waals surface area contributed by atoms with Gasteiger partial charge in [0.05, 0.1) is 5.92 Å². The minimum atomic E-state index is 0.166. The summed E-state index contributed by atoms with van der Waals surface area (Å²) in [6.45, 7) is 4.90. The minimum Gasteiger partial charge on any atom is -0.316 e. The zero-order valence-electron chi connectivity index (χ0n) is 11.6. The second-order valence-corrected chi connectivity index (χ2v) is 5.72. The predicted octanol–water partition coefficient (Wildman–Crippen LogP) is 2.27. The Bertz CT molecular complexity index is 478. The van der Waals surface area contributed by atoms with E-state index in [2.05, 4.69) is 30.4 Å². The van der Waals surface area contributed by atoms with Crippen LogP contribution in [0.15, 0.2) is 18.2 Å². The molecule has 0 spiro atoms. The summed E-state index contributed by atoms with van der Waals surface area (Å²) in [5.74, 6) is 0.488. The number of carbonyl (C=O) groups excluding carboxylic acids is 1. The van der Waals surface area contributed by atoms with Gasteiger partial charge in [-0.2, -0.15) is 0 Å². The van der Waals surface area contributed by atoms with E-state index in [1.54, 1.807) is 0 Å². The predicted molar refractivity (Wildman–Crippen MR) is 77.4 cm³/mol. The Labute approximate surface area is 115 Å². The van der Waals surface area contributed by atoms with Crippen molar-refractivity contribution in [2.45, 2.75) is 32.6 Å². The van der Waals surface area contributed by atoms with Crippen LogP contribution < -0.4 is 10.2 Å². The molecule has 0 aromatic heterocycles. The molecule has 1 amide bonds. The van der Waals surface area contributed by atoms with Gasteiger partial charge in [-0.05, 0) is 50.3 Å². The van der Waals surface area contributed by atoms with Crippen LogP contribution in [0.3, 0.4) is 0 Å². The molecule has 3 heteroatoms. The molecule has 0 saturated carbocycles. The fourth-order valence-electron chi connectivity index (χ4n) is 3.35. The molecule has 0 radical (unpaired) electrons. The lowest BCUT2D eigenvalue weighted by Crippen LogP contribution is -2.45. The van der Waals surface area contributed by atoms with E-state index in [9.17, 15) is 4.79 Å². The van der Waals surface area contributed by atoms with Crippen molar-refractivity contribution < 1.29 is 4.79 Å². The first kappa shape index (κ1) is 12.7. The van der Waals surface area contributed by atoms with Gasteiger partial charge in [0.1, 0.15) is 0 Å². The van der Waals surface area contributed by atoms with E-state index in [-0.39, 0.29) is 5.92 Å². The van der Waals surface area contributed by atoms with Crippen molar-refractivity contribution in [2.24, 2.45) is 5.92 Å². The molecule has 19 heavy (non-hydrogen) atoms. The highest BCUT2D eigenvalue weighted by Gasteiger charge is 2.30. The number of piperidine rings is 1. The number of amides is 1. The number of para-hydroxylation sites is 1. The van der Waals surface area contributed by atoms with Crippen LogP contribution in [0.1, 0.15) is 30.4 Å². The number of nitrogens with zero attached hydrogens (tertiary/aromatic N) is 1. The molecule has 1 aromatic carbocycles. The second-order valence-electron chi connectivity index (χ2n) is 5.72. The molecule has 2 aliphatic heterocycles. The third-order valence-corrected chi connectivity index (χ3v) is 4.33. The van der Waals surface area contributed by atoms with E-state index in [0.717, 1.165) is 45.3 Å². The normalized spacial score (nSPS) is 23.0. The van der Waals surface area contributed by atoms with Crippen LogP contribution in [-0.2, 0) is 11.2 Å². The Kier molecular flexibility index (Phi) is 3.56. The van der Waals surface area contributed by atoms with Gasteiger partial charge in [-0.1, -0.05) is 18.2 Å². The van der Waals surface area contributed by atoms with Gasteiger partial charge in [-0.3, -0.25) is 4.79 Å². The molecule has 102 valence electrons. The number of fused-ring (bicyclic) bond motifs is 1. The Balaban J connectivity index is 1.88. The quantitative estimate of drug-likeness (QED) is 0.838. The van der Waals surface area contributed by atoms with Gasteiger partial charge in [0.25, 0.3) is 0 Å². The van der Waals surface area contributed by atoms with Crippen LogP contribution in [0.5, 0.6) is 0 Å². The first-order chi connectivity index (χ1) is 9.27. The van der Waals surface area contributed by atoms with Crippen molar-refractivity contribution >= 4 is 11.6 Å². The topological polar surface area (TPSA) is 32.3 Å². The van der Waals surface area contributed by atoms with Crippen molar-refractivity contribution in [2.75, 3.05) is 24.5 Å². The number of rotatable bonds is 1. The zero-order valence-corrected chi connectivity index (χ0v) is 11.6. The summed E-state index contributed by atoms with van der Waals surface area (Å²) in [4.78, 5) is 14.8. The molecule has 1 aromatic rings. The van der Waals surface area contributed by atoms with E-state index < -0.39 is 0 Å². The summed E-state index contributed by atoms with van der Waals surface area (Å²) >= 11 is 0. The summed E-state index contributed by atoms with van der Waals surface area (Å²) in [5, 5.41) is 3.35. The van der Waals surface area contributed by atoms with Gasteiger partial charge < -0.3 is 10.2 Å². The molecule has 0 aliphatic carbocycles. The molecule has 2 aliphatic rings. The smallest absolute Gasteiger partial charge is 0.231 e. The summed E-state index contributed by atoms with van der Waals surface area (Å²) in [6, 6.07) is 6.38. The van der Waals surface area contributed by atoms with Crippen LogP contribution >= 0.6 is 0 Å². The molecular formula is C16H22N2O. The molecule has 1 N–H and O–H groups in total. The largest absolute Gasteiger partial charge is 0.316 e. The molecule has 3 rings (SSSR count). The number of aryl methyl sites for hydroxylation is 2. The average Bonchev–Trinajstić information content (AvgIpc) is 2.47. The summed E-state index contributed by atoms with van der Waals surface area (Å²) in [5.41, 5.74) is 3.75. The van der Waals surface area contributed by atoms with Crippen LogP contribution in [-0.4, -0.2) is 25.5 Å². The van der Waals surface area contributed by atoms with Crippen molar-refractivity contribution in [3.63, 3.8) is 0 Å². The van der Waals surface area contributed by atoms with Gasteiger partial charge in [0.2, 0.25) is 5.91 Å². The maximum atomic E-state index is 12.8. The van der Waals surface area contributed by atoms with Crippen LogP contribution in [0.25, 0.3) is 0 Å². The fraction of sp³-hybridized carbons (Fsp3) is 0.562. The molecule has 0 unspecified atom stereocenters. The van der Waals surface area contributed by atoms with Crippen molar-refractivity contribution in [3.8, 4) is 0 Å². The monoisotopic (exact) mass is 258 g/mol. The number of hydrogen-bond acceptors (Lipinski definition) is 2. The van der Waals surface area contributed by atoms with E-state index in [4.69, 9.17) is 0 Å². The highest BCUT2D eigenvalue weighted by Crippen LogP contribution is 2.32. The standard InChI is InChI=1S/C16H22N2O/c1-12-5-2-6-13-8-4-10-18(15(12)13)16(19)14-7-3-9-17-11-14/h2,5-6,14,17H,3-4,7-11H2,1H3/t14-/m0/s1. The maximum Gasteiger partial charge on any atom is 0.231 e. The third-order valence-electron chi connectivity index (χ3n) is 4.33. The number of hydrogen-bond donors (Lipinski definition) is 1. The van der Waals surface area contributed by atoms with E-state index in [1.165, 1.54) is 16.8 Å². The number of anilines is 1. The maximum absolute atomic E-state index is 12.8. The summed E-state index contributed by atoms with van der Waals surface area (Å²) < 4.78 is 0. The van der Waals surface area contributed by atoms with Crippen molar-refractivity contribution in [3.05, 3.63) is 29.3 Å². The first-order valence-electron chi connectivity index (χ1n) is 7.38. The lowest BCUT2D eigenvalue weighted by atomic mass is 9.93. The summed E-state index contributed by atoms with van der Waals surface area (Å²) in [7, 11) is 0. The van der Waals surface area contributed by atoms with Gasteiger partial charge in [-0.15, -0.1) is 0 Å². The highest BCUT2D eigenvalue weighted by atomic mass is 16.2. The molecule has 1 atom stereocenters. The lowest BCUT2D eigenvalue weighted by Gasteiger charge is -2.34. The van der Waals surface area contributed by atoms with Gasteiger partial charge in [-0.25, -0.2) is 0 Å². The lowest BCUT2D eigenvalue weighted by molar-refractivity contribution is -0.123. The van der Waals surface area contributed by atoms with Crippen LogP contribution in [0.4, 0.5) is 5.69 Å². The second kappa shape index (κ2) is 5.33. The number of benzene rings is 1. The van der Waals surface area contributed by atoms with E-state index in [1.807, 2.05) is 4.90 Å². The zero-order chi connectivity index (χ0) is 13.2. The molecule has 0 bridgehead atoms. The first-order valence-corrected chi connectivity index (χ1v) is 7.38.